The summed E-state index contributed by atoms with van der Waals surface area (Å²) in [4.78, 5) is 10.7. The van der Waals surface area contributed by atoms with Crippen LogP contribution in [0.1, 0.15) is 11.1 Å². The average molecular weight is 363 g/mol. The molecule has 7 heteroatoms. The Bertz CT molecular complexity index is 823. The summed E-state index contributed by atoms with van der Waals surface area (Å²) in [5, 5.41) is 1.74. The molecule has 0 aromatic heterocycles. The van der Waals surface area contributed by atoms with Crippen LogP contribution in [-0.2, 0) is 4.79 Å². The smallest absolute Gasteiger partial charge is 0.471 e. The lowest BCUT2D eigenvalue weighted by Crippen LogP contribution is -2.38. The molecule has 0 atom stereocenters. The molecule has 0 saturated heterocycles. The maximum absolute atomic E-state index is 12.1. The first kappa shape index (κ1) is 19.2. The molecule has 0 saturated carbocycles. The van der Waals surface area contributed by atoms with Gasteiger partial charge in [-0.15, -0.1) is 0 Å². The minimum Gasteiger partial charge on any atom is -0.495 e. The minimum atomic E-state index is -4.89. The molecule has 0 aliphatic carbocycles. The van der Waals surface area contributed by atoms with Crippen molar-refractivity contribution in [1.29, 1.82) is 0 Å². The number of alkyl halides is 3. The highest BCUT2D eigenvalue weighted by molar-refractivity contribution is 5.81. The Kier molecular flexibility index (Phi) is 6.50. The molecular weight excluding hydrogens is 347 g/mol. The first-order chi connectivity index (χ1) is 12.4. The number of nitrogens with one attached hydrogen (secondary N) is 1. The topological polar surface area (TPSA) is 47.6 Å². The maximum atomic E-state index is 12.1. The second-order valence-electron chi connectivity index (χ2n) is 5.08. The molecule has 0 fully saturated rings. The van der Waals surface area contributed by atoms with Crippen LogP contribution in [0, 0.1) is 11.8 Å². The van der Waals surface area contributed by atoms with E-state index in [9.17, 15) is 18.0 Å². The molecule has 1 N–H and O–H groups in total. The Morgan fingerprint density at radius 3 is 2.62 bits per heavy atom. The van der Waals surface area contributed by atoms with Gasteiger partial charge in [-0.2, -0.15) is 13.2 Å². The number of benzene rings is 2. The van der Waals surface area contributed by atoms with E-state index in [2.05, 4.69) is 11.8 Å². The van der Waals surface area contributed by atoms with Crippen molar-refractivity contribution in [2.75, 3.05) is 20.3 Å². The summed E-state index contributed by atoms with van der Waals surface area (Å²) in [5.41, 5.74) is 1.41. The lowest BCUT2D eigenvalue weighted by Gasteiger charge is -2.09. The van der Waals surface area contributed by atoms with Crippen LogP contribution in [-0.4, -0.2) is 32.3 Å². The Morgan fingerprint density at radius 1 is 1.12 bits per heavy atom. The van der Waals surface area contributed by atoms with Crippen molar-refractivity contribution >= 4 is 5.91 Å². The fourth-order valence-electron chi connectivity index (χ4n) is 1.98. The van der Waals surface area contributed by atoms with Gasteiger partial charge in [0.25, 0.3) is 0 Å². The largest absolute Gasteiger partial charge is 0.495 e. The van der Waals surface area contributed by atoms with Crippen LogP contribution < -0.4 is 14.8 Å². The molecule has 2 rings (SSSR count). The monoisotopic (exact) mass is 363 g/mol. The highest BCUT2D eigenvalue weighted by atomic mass is 19.4. The fourth-order valence-corrected chi connectivity index (χ4v) is 1.98. The maximum Gasteiger partial charge on any atom is 0.471 e. The van der Waals surface area contributed by atoms with E-state index in [0.29, 0.717) is 17.1 Å². The third-order valence-electron chi connectivity index (χ3n) is 3.20. The number of carbonyl (C=O) groups excluding carboxylic acids is 1. The second-order valence-corrected chi connectivity index (χ2v) is 5.08. The Labute approximate surface area is 148 Å². The van der Waals surface area contributed by atoms with Crippen molar-refractivity contribution in [2.45, 2.75) is 6.18 Å². The number of carbonyl (C=O) groups is 1. The molecule has 0 unspecified atom stereocenters. The number of halogens is 3. The van der Waals surface area contributed by atoms with Crippen LogP contribution in [0.5, 0.6) is 11.5 Å². The summed E-state index contributed by atoms with van der Waals surface area (Å²) in [6, 6.07) is 14.1. The minimum absolute atomic E-state index is 0.0921. The summed E-state index contributed by atoms with van der Waals surface area (Å²) >= 11 is 0. The number of ether oxygens (including phenoxy) is 2. The number of para-hydroxylation sites is 1. The van der Waals surface area contributed by atoms with Crippen LogP contribution in [0.2, 0.25) is 0 Å². The zero-order valence-electron chi connectivity index (χ0n) is 13.9. The van der Waals surface area contributed by atoms with Gasteiger partial charge < -0.3 is 14.8 Å². The first-order valence-electron chi connectivity index (χ1n) is 7.63. The third-order valence-corrected chi connectivity index (χ3v) is 3.20. The molecule has 136 valence electrons. The molecule has 0 radical (unpaired) electrons. The van der Waals surface area contributed by atoms with Gasteiger partial charge in [-0.05, 0) is 30.3 Å². The quantitative estimate of drug-likeness (QED) is 0.656. The molecule has 1 amide bonds. The van der Waals surface area contributed by atoms with Crippen molar-refractivity contribution in [3.63, 3.8) is 0 Å². The Balaban J connectivity index is 1.95. The number of rotatable bonds is 5. The lowest BCUT2D eigenvalue weighted by atomic mass is 10.1. The second kappa shape index (κ2) is 8.81. The summed E-state index contributed by atoms with van der Waals surface area (Å²) < 4.78 is 46.7. The van der Waals surface area contributed by atoms with E-state index in [1.54, 1.807) is 42.8 Å². The molecule has 26 heavy (non-hydrogen) atoms. The summed E-state index contributed by atoms with van der Waals surface area (Å²) in [6.45, 7) is -0.347. The SMILES string of the molecule is COc1ccccc1C#Cc1cccc(OCCNC(=O)C(F)(F)F)c1. The van der Waals surface area contributed by atoms with Gasteiger partial charge in [-0.25, -0.2) is 0 Å². The van der Waals surface area contributed by atoms with Crippen LogP contribution in [0.4, 0.5) is 13.2 Å². The van der Waals surface area contributed by atoms with Gasteiger partial charge in [-0.1, -0.05) is 30.0 Å². The fraction of sp³-hybridized carbons (Fsp3) is 0.211. The predicted molar refractivity (Wildman–Crippen MR) is 90.0 cm³/mol. The normalized spacial score (nSPS) is 10.5. The number of hydrogen-bond acceptors (Lipinski definition) is 3. The van der Waals surface area contributed by atoms with Crippen LogP contribution in [0.3, 0.4) is 0 Å². The van der Waals surface area contributed by atoms with Gasteiger partial charge in [0, 0.05) is 5.56 Å². The zero-order valence-corrected chi connectivity index (χ0v) is 13.9. The summed E-state index contributed by atoms with van der Waals surface area (Å²) in [6.07, 6.45) is -4.89. The highest BCUT2D eigenvalue weighted by Gasteiger charge is 2.38. The van der Waals surface area contributed by atoms with Crippen LogP contribution in [0.15, 0.2) is 48.5 Å². The predicted octanol–water partition coefficient (Wildman–Crippen LogP) is 3.15. The van der Waals surface area contributed by atoms with Crippen molar-refractivity contribution in [3.05, 3.63) is 59.7 Å². The summed E-state index contributed by atoms with van der Waals surface area (Å²) in [7, 11) is 1.56. The van der Waals surface area contributed by atoms with Gasteiger partial charge in [0.2, 0.25) is 0 Å². The molecule has 0 heterocycles. The van der Waals surface area contributed by atoms with Crippen LogP contribution >= 0.6 is 0 Å². The van der Waals surface area contributed by atoms with E-state index in [4.69, 9.17) is 9.47 Å². The number of amides is 1. The number of hydrogen-bond donors (Lipinski definition) is 1. The van der Waals surface area contributed by atoms with Gasteiger partial charge in [0.05, 0.1) is 19.2 Å². The molecule has 0 aliphatic heterocycles. The zero-order chi connectivity index (χ0) is 19.0. The van der Waals surface area contributed by atoms with E-state index in [-0.39, 0.29) is 13.2 Å². The van der Waals surface area contributed by atoms with Gasteiger partial charge >= 0.3 is 12.1 Å². The Morgan fingerprint density at radius 2 is 1.88 bits per heavy atom. The molecule has 0 bridgehead atoms. The van der Waals surface area contributed by atoms with Crippen molar-refractivity contribution < 1.29 is 27.4 Å². The Hall–Kier alpha value is -3.14. The molecular formula is C19H16F3NO3. The van der Waals surface area contributed by atoms with Gasteiger partial charge in [-0.3, -0.25) is 4.79 Å². The molecule has 4 nitrogen and oxygen atoms in total. The van der Waals surface area contributed by atoms with Gasteiger partial charge in [0.15, 0.2) is 0 Å². The van der Waals surface area contributed by atoms with Crippen molar-refractivity contribution in [2.24, 2.45) is 0 Å². The first-order valence-corrected chi connectivity index (χ1v) is 7.63. The van der Waals surface area contributed by atoms with E-state index in [1.807, 2.05) is 18.2 Å². The molecule has 0 spiro atoms. The third kappa shape index (κ3) is 5.74. The highest BCUT2D eigenvalue weighted by Crippen LogP contribution is 2.17. The van der Waals surface area contributed by atoms with E-state index in [1.165, 1.54) is 0 Å². The number of methoxy groups -OCH3 is 1. The standard InChI is InChI=1S/C19H16F3NO3/c1-25-17-8-3-2-6-15(17)10-9-14-5-4-7-16(13-14)26-12-11-23-18(24)19(20,21)22/h2-8,13H,11-12H2,1H3,(H,23,24). The summed E-state index contributed by atoms with van der Waals surface area (Å²) in [5.74, 6) is 5.08. The average Bonchev–Trinajstić information content (AvgIpc) is 2.63. The molecule has 0 aliphatic rings. The lowest BCUT2D eigenvalue weighted by molar-refractivity contribution is -0.173. The van der Waals surface area contributed by atoms with Crippen molar-refractivity contribution in [3.8, 4) is 23.3 Å². The molecule has 2 aromatic rings. The molecule has 2 aromatic carbocycles. The van der Waals surface area contributed by atoms with E-state index >= 15 is 0 Å². The van der Waals surface area contributed by atoms with Gasteiger partial charge in [0.1, 0.15) is 18.1 Å². The van der Waals surface area contributed by atoms with Crippen molar-refractivity contribution in [1.82, 2.24) is 5.32 Å². The van der Waals surface area contributed by atoms with E-state index < -0.39 is 12.1 Å². The van der Waals surface area contributed by atoms with E-state index in [0.717, 1.165) is 5.56 Å². The van der Waals surface area contributed by atoms with Crippen LogP contribution in [0.25, 0.3) is 0 Å².